The van der Waals surface area contributed by atoms with Gasteiger partial charge in [0.05, 0.1) is 11.1 Å². The van der Waals surface area contributed by atoms with Crippen molar-refractivity contribution >= 4 is 11.9 Å². The molecule has 14 heteroatoms. The van der Waals surface area contributed by atoms with Crippen molar-refractivity contribution in [2.75, 3.05) is 0 Å². The molecule has 0 fully saturated rings. The van der Waals surface area contributed by atoms with Gasteiger partial charge < -0.3 is 9.47 Å². The van der Waals surface area contributed by atoms with Gasteiger partial charge in [0.2, 0.25) is 11.6 Å². The third-order valence-electron chi connectivity index (χ3n) is 3.67. The summed E-state index contributed by atoms with van der Waals surface area (Å²) in [5.74, 6) is -26.2. The lowest BCUT2D eigenvalue weighted by molar-refractivity contribution is -0.141. The predicted molar refractivity (Wildman–Crippen MR) is 81.2 cm³/mol. The highest BCUT2D eigenvalue weighted by Crippen LogP contribution is 2.24. The van der Waals surface area contributed by atoms with E-state index in [1.165, 1.54) is 0 Å². The van der Waals surface area contributed by atoms with E-state index in [-0.39, 0.29) is 12.2 Å². The first-order valence-electron chi connectivity index (χ1n) is 7.90. The highest BCUT2D eigenvalue weighted by Gasteiger charge is 2.27. The van der Waals surface area contributed by atoms with Gasteiger partial charge >= 0.3 is 11.9 Å². The Hall–Kier alpha value is -3.58. The van der Waals surface area contributed by atoms with Crippen molar-refractivity contribution in [3.05, 3.63) is 81.5 Å². The van der Waals surface area contributed by atoms with Crippen LogP contribution >= 0.6 is 0 Å². The molecule has 2 aromatic rings. The lowest BCUT2D eigenvalue weighted by Gasteiger charge is -2.08. The molecule has 172 valence electrons. The Balaban J connectivity index is 2.01. The largest absolute Gasteiger partial charge is 0.457 e. The van der Waals surface area contributed by atoms with E-state index in [1.807, 2.05) is 0 Å². The molecule has 0 spiro atoms. The standard InChI is InChI=1S/C18H6F10O4/c19-9-5(10(20)14(24)17(27)13(9)23)3-31-7(29)1-2-8(30)32-4-6-11(21)15(25)18(28)16(26)12(6)22/h1-2H,3-4H2/b2-1+. The van der Waals surface area contributed by atoms with Gasteiger partial charge in [0.15, 0.2) is 46.5 Å². The Kier molecular flexibility index (Phi) is 7.48. The van der Waals surface area contributed by atoms with E-state index >= 15 is 0 Å². The molecule has 0 aliphatic heterocycles. The summed E-state index contributed by atoms with van der Waals surface area (Å²) in [6.45, 7) is -2.87. The molecule has 0 amide bonds. The molecular weight excluding hydrogens is 470 g/mol. The Morgan fingerprint density at radius 2 is 0.688 bits per heavy atom. The number of halogens is 10. The van der Waals surface area contributed by atoms with Crippen LogP contribution in [0.3, 0.4) is 0 Å². The van der Waals surface area contributed by atoms with Gasteiger partial charge in [-0.2, -0.15) is 0 Å². The van der Waals surface area contributed by atoms with Crippen LogP contribution in [0.25, 0.3) is 0 Å². The van der Waals surface area contributed by atoms with Gasteiger partial charge in [0.25, 0.3) is 0 Å². The second-order valence-corrected chi connectivity index (χ2v) is 5.65. The molecule has 2 aromatic carbocycles. The summed E-state index contributed by atoms with van der Waals surface area (Å²) in [6, 6.07) is 0. The summed E-state index contributed by atoms with van der Waals surface area (Å²) < 4.78 is 140. The zero-order valence-electron chi connectivity index (χ0n) is 15.0. The number of esters is 2. The monoisotopic (exact) mass is 476 g/mol. The Morgan fingerprint density at radius 1 is 0.469 bits per heavy atom. The maximum absolute atomic E-state index is 13.4. The molecule has 0 aliphatic rings. The van der Waals surface area contributed by atoms with Crippen molar-refractivity contribution in [1.29, 1.82) is 0 Å². The molecule has 0 radical (unpaired) electrons. The molecule has 0 aliphatic carbocycles. The Morgan fingerprint density at radius 3 is 0.938 bits per heavy atom. The Bertz CT molecular complexity index is 984. The van der Waals surface area contributed by atoms with Crippen LogP contribution in [0.1, 0.15) is 11.1 Å². The summed E-state index contributed by atoms with van der Waals surface area (Å²) >= 11 is 0. The zero-order valence-corrected chi connectivity index (χ0v) is 15.0. The number of ether oxygens (including phenoxy) is 2. The molecule has 0 N–H and O–H groups in total. The third kappa shape index (κ3) is 4.84. The fourth-order valence-electron chi connectivity index (χ4n) is 2.07. The average Bonchev–Trinajstić information content (AvgIpc) is 2.77. The van der Waals surface area contributed by atoms with Gasteiger partial charge in [-0.05, 0) is 0 Å². The van der Waals surface area contributed by atoms with Crippen LogP contribution in [0.2, 0.25) is 0 Å². The van der Waals surface area contributed by atoms with Crippen LogP contribution in [-0.4, -0.2) is 11.9 Å². The maximum atomic E-state index is 13.4. The molecule has 0 aromatic heterocycles. The fourth-order valence-corrected chi connectivity index (χ4v) is 2.07. The van der Waals surface area contributed by atoms with Crippen LogP contribution in [0.4, 0.5) is 43.9 Å². The minimum absolute atomic E-state index is 0.229. The van der Waals surface area contributed by atoms with Crippen LogP contribution < -0.4 is 0 Å². The quantitative estimate of drug-likeness (QED) is 0.204. The third-order valence-corrected chi connectivity index (χ3v) is 3.67. The molecule has 32 heavy (non-hydrogen) atoms. The van der Waals surface area contributed by atoms with Gasteiger partial charge in [-0.3, -0.25) is 0 Å². The van der Waals surface area contributed by atoms with Crippen molar-refractivity contribution in [3.8, 4) is 0 Å². The zero-order chi connectivity index (χ0) is 24.3. The molecule has 0 bridgehead atoms. The van der Waals surface area contributed by atoms with E-state index in [0.29, 0.717) is 0 Å². The molecule has 0 saturated carbocycles. The van der Waals surface area contributed by atoms with Gasteiger partial charge in [0, 0.05) is 12.2 Å². The maximum Gasteiger partial charge on any atom is 0.331 e. The van der Waals surface area contributed by atoms with Crippen molar-refractivity contribution in [3.63, 3.8) is 0 Å². The van der Waals surface area contributed by atoms with Crippen LogP contribution in [0.5, 0.6) is 0 Å². The lowest BCUT2D eigenvalue weighted by atomic mass is 10.2. The number of carbonyl (C=O) groups is 2. The highest BCUT2D eigenvalue weighted by molar-refractivity contribution is 5.91. The van der Waals surface area contributed by atoms with E-state index in [9.17, 15) is 53.5 Å². The molecule has 0 unspecified atom stereocenters. The van der Waals surface area contributed by atoms with Crippen molar-refractivity contribution in [2.24, 2.45) is 0 Å². The molecule has 0 heterocycles. The minimum Gasteiger partial charge on any atom is -0.457 e. The average molecular weight is 476 g/mol. The molecule has 4 nitrogen and oxygen atoms in total. The number of hydrogen-bond acceptors (Lipinski definition) is 4. The summed E-state index contributed by atoms with van der Waals surface area (Å²) in [5, 5.41) is 0. The van der Waals surface area contributed by atoms with E-state index in [1.54, 1.807) is 0 Å². The SMILES string of the molecule is O=C(/C=C/C(=O)OCc1c(F)c(F)c(F)c(F)c1F)OCc1c(F)c(F)c(F)c(F)c1F. The van der Waals surface area contributed by atoms with E-state index in [0.717, 1.165) is 0 Å². The minimum atomic E-state index is -2.44. The second-order valence-electron chi connectivity index (χ2n) is 5.65. The van der Waals surface area contributed by atoms with Crippen molar-refractivity contribution in [2.45, 2.75) is 13.2 Å². The molecular formula is C18H6F10O4. The number of carbonyl (C=O) groups excluding carboxylic acids is 2. The number of hydrogen-bond donors (Lipinski definition) is 0. The topological polar surface area (TPSA) is 52.6 Å². The predicted octanol–water partition coefficient (Wildman–Crippen LogP) is 4.42. The van der Waals surface area contributed by atoms with Crippen LogP contribution in [0.15, 0.2) is 12.2 Å². The first-order valence-corrected chi connectivity index (χ1v) is 7.90. The molecule has 0 saturated heterocycles. The smallest absolute Gasteiger partial charge is 0.331 e. The summed E-state index contributed by atoms with van der Waals surface area (Å²) in [4.78, 5) is 22.8. The summed E-state index contributed by atoms with van der Waals surface area (Å²) in [7, 11) is 0. The van der Waals surface area contributed by atoms with Gasteiger partial charge in [-0.1, -0.05) is 0 Å². The summed E-state index contributed by atoms with van der Waals surface area (Å²) in [5.41, 5.74) is -2.98. The first kappa shape index (κ1) is 24.7. The lowest BCUT2D eigenvalue weighted by Crippen LogP contribution is -2.12. The van der Waals surface area contributed by atoms with Gasteiger partial charge in [-0.25, -0.2) is 53.5 Å². The highest BCUT2D eigenvalue weighted by atomic mass is 19.2. The van der Waals surface area contributed by atoms with Crippen LogP contribution in [0, 0.1) is 58.2 Å². The van der Waals surface area contributed by atoms with E-state index in [4.69, 9.17) is 0 Å². The second kappa shape index (κ2) is 9.70. The van der Waals surface area contributed by atoms with Gasteiger partial charge in [-0.15, -0.1) is 0 Å². The van der Waals surface area contributed by atoms with Crippen LogP contribution in [-0.2, 0) is 32.3 Å². The normalized spacial score (nSPS) is 11.2. The van der Waals surface area contributed by atoms with Gasteiger partial charge in [0.1, 0.15) is 13.2 Å². The Labute approximate surface area is 170 Å². The summed E-state index contributed by atoms with van der Waals surface area (Å²) in [6.07, 6.45) is 0.458. The van der Waals surface area contributed by atoms with E-state index < -0.39 is 94.5 Å². The number of rotatable bonds is 6. The molecule has 2 rings (SSSR count). The van der Waals surface area contributed by atoms with E-state index in [2.05, 4.69) is 9.47 Å². The van der Waals surface area contributed by atoms with Crippen molar-refractivity contribution in [1.82, 2.24) is 0 Å². The first-order chi connectivity index (χ1) is 14.9. The van der Waals surface area contributed by atoms with Crippen molar-refractivity contribution < 1.29 is 63.0 Å². The number of benzene rings is 2. The molecule has 0 atom stereocenters. The fraction of sp³-hybridized carbons (Fsp3) is 0.111.